The number of halogens is 1. The second kappa shape index (κ2) is 6.67. The van der Waals surface area contributed by atoms with Gasteiger partial charge in [-0.15, -0.1) is 11.8 Å². The lowest BCUT2D eigenvalue weighted by Crippen LogP contribution is -2.20. The largest absolute Gasteiger partial charge is 0.314 e. The Kier molecular flexibility index (Phi) is 5.20. The Labute approximate surface area is 111 Å². The van der Waals surface area contributed by atoms with E-state index in [1.54, 1.807) is 0 Å². The van der Waals surface area contributed by atoms with Crippen LogP contribution in [0.1, 0.15) is 25.7 Å². The van der Waals surface area contributed by atoms with Gasteiger partial charge in [0.2, 0.25) is 0 Å². The molecule has 1 aliphatic rings. The average molecular weight is 300 g/mol. The second-order valence-corrected chi connectivity index (χ2v) is 6.32. The smallest absolute Gasteiger partial charge is 0.0176 e. The molecule has 1 aromatic carbocycles. The van der Waals surface area contributed by atoms with Crippen molar-refractivity contribution in [1.29, 1.82) is 0 Å². The van der Waals surface area contributed by atoms with Crippen LogP contribution in [0.2, 0.25) is 0 Å². The lowest BCUT2D eigenvalue weighted by atomic mass is 10.1. The molecule has 1 fully saturated rings. The summed E-state index contributed by atoms with van der Waals surface area (Å²) in [4.78, 5) is 1.38. The third-order valence-corrected chi connectivity index (χ3v) is 4.57. The van der Waals surface area contributed by atoms with E-state index in [2.05, 4.69) is 45.5 Å². The van der Waals surface area contributed by atoms with Crippen LogP contribution in [0.25, 0.3) is 0 Å². The molecule has 1 N–H and O–H groups in total. The number of hydrogen-bond donors (Lipinski definition) is 1. The predicted octanol–water partition coefficient (Wildman–Crippen LogP) is 4.07. The highest BCUT2D eigenvalue weighted by atomic mass is 79.9. The van der Waals surface area contributed by atoms with Crippen LogP contribution in [0.4, 0.5) is 0 Å². The van der Waals surface area contributed by atoms with E-state index in [-0.39, 0.29) is 0 Å². The highest BCUT2D eigenvalue weighted by Crippen LogP contribution is 2.22. The maximum atomic E-state index is 3.55. The third kappa shape index (κ3) is 4.11. The van der Waals surface area contributed by atoms with Crippen molar-refractivity contribution in [3.63, 3.8) is 0 Å². The van der Waals surface area contributed by atoms with Gasteiger partial charge < -0.3 is 5.32 Å². The van der Waals surface area contributed by atoms with Crippen LogP contribution in [-0.2, 0) is 0 Å². The van der Waals surface area contributed by atoms with E-state index in [0.717, 1.165) is 10.5 Å². The zero-order chi connectivity index (χ0) is 11.2. The Balaban J connectivity index is 1.62. The van der Waals surface area contributed by atoms with Crippen molar-refractivity contribution in [2.45, 2.75) is 36.6 Å². The van der Waals surface area contributed by atoms with Crippen LogP contribution in [0.5, 0.6) is 0 Å². The van der Waals surface area contributed by atoms with Crippen LogP contribution >= 0.6 is 27.7 Å². The molecule has 3 heteroatoms. The van der Waals surface area contributed by atoms with Crippen molar-refractivity contribution in [1.82, 2.24) is 5.32 Å². The monoisotopic (exact) mass is 299 g/mol. The standard InChI is InChI=1S/C13H18BrNS/c14-11-5-7-13(8-6-11)16-10-2-4-12-3-1-9-15-12/h5-8,12,15H,1-4,9-10H2. The summed E-state index contributed by atoms with van der Waals surface area (Å²) in [7, 11) is 0. The SMILES string of the molecule is Brc1ccc(SCCCC2CCCN2)cc1. The molecule has 1 aliphatic heterocycles. The van der Waals surface area contributed by atoms with E-state index >= 15 is 0 Å². The summed E-state index contributed by atoms with van der Waals surface area (Å²) in [5, 5.41) is 3.55. The Morgan fingerprint density at radius 1 is 1.31 bits per heavy atom. The molecule has 2 rings (SSSR count). The van der Waals surface area contributed by atoms with Gasteiger partial charge in [-0.3, -0.25) is 0 Å². The zero-order valence-electron chi connectivity index (χ0n) is 9.42. The quantitative estimate of drug-likeness (QED) is 0.650. The van der Waals surface area contributed by atoms with Crippen molar-refractivity contribution in [3.8, 4) is 0 Å². The normalized spacial score (nSPS) is 20.2. The molecule has 0 saturated carbocycles. The first-order valence-electron chi connectivity index (χ1n) is 5.96. The first-order valence-corrected chi connectivity index (χ1v) is 7.74. The highest BCUT2D eigenvalue weighted by Gasteiger charge is 2.12. The number of benzene rings is 1. The van der Waals surface area contributed by atoms with Crippen molar-refractivity contribution < 1.29 is 0 Å². The number of thioether (sulfide) groups is 1. The van der Waals surface area contributed by atoms with Crippen LogP contribution in [0, 0.1) is 0 Å². The Hall–Kier alpha value is 0.01000. The summed E-state index contributed by atoms with van der Waals surface area (Å²) in [5.41, 5.74) is 0. The Morgan fingerprint density at radius 3 is 2.81 bits per heavy atom. The van der Waals surface area contributed by atoms with Gasteiger partial charge in [-0.05, 0) is 62.2 Å². The minimum atomic E-state index is 0.797. The van der Waals surface area contributed by atoms with E-state index in [1.165, 1.54) is 42.9 Å². The molecule has 0 spiro atoms. The molecule has 0 aliphatic carbocycles. The fraction of sp³-hybridized carbons (Fsp3) is 0.538. The molecular weight excluding hydrogens is 282 g/mol. The van der Waals surface area contributed by atoms with Gasteiger partial charge >= 0.3 is 0 Å². The molecule has 0 aromatic heterocycles. The first-order chi connectivity index (χ1) is 7.84. The van der Waals surface area contributed by atoms with E-state index in [4.69, 9.17) is 0 Å². The fourth-order valence-electron chi connectivity index (χ4n) is 2.05. The summed E-state index contributed by atoms with van der Waals surface area (Å²) < 4.78 is 1.16. The topological polar surface area (TPSA) is 12.0 Å². The van der Waals surface area contributed by atoms with Crippen molar-refractivity contribution in [3.05, 3.63) is 28.7 Å². The summed E-state index contributed by atoms with van der Waals surface area (Å²) in [6, 6.07) is 9.39. The second-order valence-electron chi connectivity index (χ2n) is 4.24. The van der Waals surface area contributed by atoms with E-state index in [9.17, 15) is 0 Å². The van der Waals surface area contributed by atoms with Crippen LogP contribution < -0.4 is 5.32 Å². The van der Waals surface area contributed by atoms with E-state index in [1.807, 2.05) is 11.8 Å². The molecule has 1 saturated heterocycles. The summed E-state index contributed by atoms with van der Waals surface area (Å²) in [5.74, 6) is 1.24. The van der Waals surface area contributed by atoms with Crippen LogP contribution in [0.15, 0.2) is 33.6 Å². The van der Waals surface area contributed by atoms with Gasteiger partial charge in [0.05, 0.1) is 0 Å². The maximum absolute atomic E-state index is 3.55. The molecule has 0 radical (unpaired) electrons. The Morgan fingerprint density at radius 2 is 2.12 bits per heavy atom. The minimum absolute atomic E-state index is 0.797. The van der Waals surface area contributed by atoms with Crippen molar-refractivity contribution in [2.75, 3.05) is 12.3 Å². The van der Waals surface area contributed by atoms with Gasteiger partial charge in [-0.2, -0.15) is 0 Å². The van der Waals surface area contributed by atoms with Gasteiger partial charge in [0, 0.05) is 15.4 Å². The number of hydrogen-bond acceptors (Lipinski definition) is 2. The highest BCUT2D eigenvalue weighted by molar-refractivity contribution is 9.10. The predicted molar refractivity (Wildman–Crippen MR) is 75.1 cm³/mol. The molecule has 0 amide bonds. The Bertz CT molecular complexity index is 306. The lowest BCUT2D eigenvalue weighted by molar-refractivity contribution is 0.553. The molecule has 1 aromatic rings. The molecular formula is C13H18BrNS. The molecule has 1 unspecified atom stereocenters. The molecule has 0 bridgehead atoms. The van der Waals surface area contributed by atoms with Gasteiger partial charge in [-0.1, -0.05) is 15.9 Å². The van der Waals surface area contributed by atoms with Crippen molar-refractivity contribution >= 4 is 27.7 Å². The lowest BCUT2D eigenvalue weighted by Gasteiger charge is -2.09. The minimum Gasteiger partial charge on any atom is -0.314 e. The molecule has 1 atom stereocenters. The summed E-state index contributed by atoms with van der Waals surface area (Å²) in [6.45, 7) is 1.23. The van der Waals surface area contributed by atoms with Crippen molar-refractivity contribution in [2.24, 2.45) is 0 Å². The number of rotatable bonds is 5. The van der Waals surface area contributed by atoms with Gasteiger partial charge in [0.1, 0.15) is 0 Å². The average Bonchev–Trinajstić information content (AvgIpc) is 2.80. The van der Waals surface area contributed by atoms with Gasteiger partial charge in [0.15, 0.2) is 0 Å². The molecule has 1 nitrogen and oxygen atoms in total. The molecule has 16 heavy (non-hydrogen) atoms. The third-order valence-electron chi connectivity index (χ3n) is 2.94. The fourth-order valence-corrected chi connectivity index (χ4v) is 3.19. The van der Waals surface area contributed by atoms with E-state index in [0.29, 0.717) is 0 Å². The van der Waals surface area contributed by atoms with Gasteiger partial charge in [-0.25, -0.2) is 0 Å². The van der Waals surface area contributed by atoms with Crippen LogP contribution in [0.3, 0.4) is 0 Å². The van der Waals surface area contributed by atoms with Gasteiger partial charge in [0.25, 0.3) is 0 Å². The summed E-state index contributed by atoms with van der Waals surface area (Å²) in [6.07, 6.45) is 5.40. The molecule has 1 heterocycles. The van der Waals surface area contributed by atoms with E-state index < -0.39 is 0 Å². The summed E-state index contributed by atoms with van der Waals surface area (Å²) >= 11 is 5.42. The van der Waals surface area contributed by atoms with Crippen LogP contribution in [-0.4, -0.2) is 18.3 Å². The zero-order valence-corrected chi connectivity index (χ0v) is 11.8. The number of nitrogens with one attached hydrogen (secondary N) is 1. The molecule has 88 valence electrons. The maximum Gasteiger partial charge on any atom is 0.0176 e. The first kappa shape index (κ1) is 12.5.